The summed E-state index contributed by atoms with van der Waals surface area (Å²) in [7, 11) is 0. The zero-order valence-corrected chi connectivity index (χ0v) is 16.5. The van der Waals surface area contributed by atoms with Gasteiger partial charge in [-0.25, -0.2) is 0 Å². The molecule has 3 N–H and O–H groups in total. The van der Waals surface area contributed by atoms with Crippen LogP contribution in [-0.2, 0) is 0 Å². The summed E-state index contributed by atoms with van der Waals surface area (Å²) in [6, 6.07) is 16.3. The summed E-state index contributed by atoms with van der Waals surface area (Å²) in [6.07, 6.45) is 4.76. The molecule has 0 unspecified atom stereocenters. The van der Waals surface area contributed by atoms with E-state index in [0.29, 0.717) is 0 Å². The molecule has 25 heavy (non-hydrogen) atoms. The predicted molar refractivity (Wildman–Crippen MR) is 116 cm³/mol. The van der Waals surface area contributed by atoms with E-state index < -0.39 is 0 Å². The van der Waals surface area contributed by atoms with Gasteiger partial charge in [0.15, 0.2) is 0 Å². The number of benzene rings is 2. The SMILES string of the molecule is Sc1ccc(NCCCCNCCCCNc2ccc(S)cc2)cc1. The number of rotatable bonds is 12. The van der Waals surface area contributed by atoms with E-state index in [-0.39, 0.29) is 0 Å². The maximum atomic E-state index is 4.29. The van der Waals surface area contributed by atoms with Crippen LogP contribution in [0.3, 0.4) is 0 Å². The van der Waals surface area contributed by atoms with Gasteiger partial charge in [0, 0.05) is 34.3 Å². The second kappa shape index (κ2) is 12.1. The van der Waals surface area contributed by atoms with Gasteiger partial charge in [0.25, 0.3) is 0 Å². The highest BCUT2D eigenvalue weighted by atomic mass is 32.1. The molecule has 0 radical (unpaired) electrons. The van der Waals surface area contributed by atoms with Gasteiger partial charge in [-0.3, -0.25) is 0 Å². The van der Waals surface area contributed by atoms with Crippen LogP contribution >= 0.6 is 25.3 Å². The molecule has 3 nitrogen and oxygen atoms in total. The normalized spacial score (nSPS) is 10.6. The highest BCUT2D eigenvalue weighted by Gasteiger charge is 1.94. The molecule has 0 aromatic heterocycles. The van der Waals surface area contributed by atoms with E-state index >= 15 is 0 Å². The van der Waals surface area contributed by atoms with E-state index in [4.69, 9.17) is 0 Å². The lowest BCUT2D eigenvalue weighted by Gasteiger charge is -2.08. The summed E-state index contributed by atoms with van der Waals surface area (Å²) in [5, 5.41) is 10.4. The molecule has 0 atom stereocenters. The molecule has 2 rings (SSSR count). The molecule has 0 bridgehead atoms. The first-order valence-corrected chi connectivity index (χ1v) is 9.90. The largest absolute Gasteiger partial charge is 0.385 e. The molecule has 136 valence electrons. The van der Waals surface area contributed by atoms with Crippen LogP contribution in [0.25, 0.3) is 0 Å². The number of anilines is 2. The van der Waals surface area contributed by atoms with Gasteiger partial charge >= 0.3 is 0 Å². The third-order valence-electron chi connectivity index (χ3n) is 3.95. The molecule has 0 spiro atoms. The number of hydrogen-bond donors (Lipinski definition) is 5. The molecule has 0 amide bonds. The van der Waals surface area contributed by atoms with Crippen molar-refractivity contribution >= 4 is 36.6 Å². The number of thiol groups is 2. The molecule has 0 aliphatic rings. The summed E-state index contributed by atoms with van der Waals surface area (Å²) in [5.41, 5.74) is 2.34. The molecule has 2 aromatic rings. The Labute approximate surface area is 162 Å². The first-order valence-electron chi connectivity index (χ1n) is 9.00. The molecule has 0 fully saturated rings. The van der Waals surface area contributed by atoms with Gasteiger partial charge in [0.1, 0.15) is 0 Å². The van der Waals surface area contributed by atoms with Crippen molar-refractivity contribution in [3.05, 3.63) is 48.5 Å². The predicted octanol–water partition coefficient (Wildman–Crippen LogP) is 4.94. The average Bonchev–Trinajstić information content (AvgIpc) is 2.63. The monoisotopic (exact) mass is 375 g/mol. The van der Waals surface area contributed by atoms with Crippen molar-refractivity contribution in [1.82, 2.24) is 5.32 Å². The summed E-state index contributed by atoms with van der Waals surface area (Å²) >= 11 is 8.58. The number of nitrogens with one attached hydrogen (secondary N) is 3. The standard InChI is InChI=1S/C20H29N3S2/c24-19-9-5-17(6-10-19)22-15-3-1-13-21-14-2-4-16-23-18-7-11-20(25)12-8-18/h5-12,21-25H,1-4,13-16H2. The van der Waals surface area contributed by atoms with E-state index in [2.05, 4.69) is 65.5 Å². The topological polar surface area (TPSA) is 36.1 Å². The minimum absolute atomic E-state index is 1.00. The van der Waals surface area contributed by atoms with Crippen molar-refractivity contribution in [3.63, 3.8) is 0 Å². The van der Waals surface area contributed by atoms with Crippen molar-refractivity contribution in [2.45, 2.75) is 35.5 Å². The van der Waals surface area contributed by atoms with Gasteiger partial charge in [-0.05, 0) is 87.3 Å². The van der Waals surface area contributed by atoms with Crippen molar-refractivity contribution in [1.29, 1.82) is 0 Å². The van der Waals surface area contributed by atoms with E-state index in [1.807, 2.05) is 24.3 Å². The van der Waals surface area contributed by atoms with Gasteiger partial charge in [0.2, 0.25) is 0 Å². The van der Waals surface area contributed by atoms with Crippen molar-refractivity contribution in [3.8, 4) is 0 Å². The lowest BCUT2D eigenvalue weighted by atomic mass is 10.2. The Morgan fingerprint density at radius 3 is 1.28 bits per heavy atom. The molecular formula is C20H29N3S2. The summed E-state index contributed by atoms with van der Waals surface area (Å²) < 4.78 is 0. The van der Waals surface area contributed by atoms with Gasteiger partial charge in [-0.15, -0.1) is 25.3 Å². The van der Waals surface area contributed by atoms with Gasteiger partial charge < -0.3 is 16.0 Å². The lowest BCUT2D eigenvalue weighted by molar-refractivity contribution is 0.601. The van der Waals surface area contributed by atoms with Crippen LogP contribution in [0.2, 0.25) is 0 Å². The quantitative estimate of drug-likeness (QED) is 0.269. The Kier molecular flexibility index (Phi) is 9.70. The van der Waals surface area contributed by atoms with Crippen LogP contribution in [0.15, 0.2) is 58.3 Å². The third kappa shape index (κ3) is 9.10. The van der Waals surface area contributed by atoms with Crippen LogP contribution in [0.5, 0.6) is 0 Å². The zero-order valence-electron chi connectivity index (χ0n) is 14.7. The molecule has 5 heteroatoms. The van der Waals surface area contributed by atoms with Crippen molar-refractivity contribution < 1.29 is 0 Å². The fraction of sp³-hybridized carbons (Fsp3) is 0.400. The number of hydrogen-bond acceptors (Lipinski definition) is 5. The molecule has 0 aliphatic heterocycles. The first kappa shape index (κ1) is 20.0. The zero-order chi connectivity index (χ0) is 17.7. The Bertz CT molecular complexity index is 531. The Hall–Kier alpha value is -1.30. The Balaban J connectivity index is 1.37. The Morgan fingerprint density at radius 2 is 0.880 bits per heavy atom. The summed E-state index contributed by atoms with van der Waals surface area (Å²) in [6.45, 7) is 4.22. The van der Waals surface area contributed by atoms with Gasteiger partial charge in [-0.2, -0.15) is 0 Å². The smallest absolute Gasteiger partial charge is 0.0340 e. The van der Waals surface area contributed by atoms with Crippen LogP contribution < -0.4 is 16.0 Å². The fourth-order valence-electron chi connectivity index (χ4n) is 2.50. The first-order chi connectivity index (χ1) is 12.2. The van der Waals surface area contributed by atoms with Crippen LogP contribution in [0.4, 0.5) is 11.4 Å². The van der Waals surface area contributed by atoms with Crippen LogP contribution in [0, 0.1) is 0 Å². The molecular weight excluding hydrogens is 346 g/mol. The minimum atomic E-state index is 1.00. The third-order valence-corrected chi connectivity index (χ3v) is 4.55. The van der Waals surface area contributed by atoms with Crippen molar-refractivity contribution in [2.24, 2.45) is 0 Å². The number of unbranched alkanes of at least 4 members (excludes halogenated alkanes) is 2. The maximum Gasteiger partial charge on any atom is 0.0340 e. The second-order valence-corrected chi connectivity index (χ2v) is 7.14. The van der Waals surface area contributed by atoms with Gasteiger partial charge in [0.05, 0.1) is 0 Å². The lowest BCUT2D eigenvalue weighted by Crippen LogP contribution is -2.18. The van der Waals surface area contributed by atoms with E-state index in [1.54, 1.807) is 0 Å². The molecule has 0 heterocycles. The molecule has 0 saturated carbocycles. The molecule has 0 saturated heterocycles. The second-order valence-electron chi connectivity index (χ2n) is 6.11. The van der Waals surface area contributed by atoms with Crippen molar-refractivity contribution in [2.75, 3.05) is 36.8 Å². The van der Waals surface area contributed by atoms with E-state index in [1.165, 1.54) is 37.1 Å². The van der Waals surface area contributed by atoms with E-state index in [9.17, 15) is 0 Å². The highest BCUT2D eigenvalue weighted by molar-refractivity contribution is 7.80. The van der Waals surface area contributed by atoms with Crippen LogP contribution in [-0.4, -0.2) is 26.2 Å². The maximum absolute atomic E-state index is 4.29. The Morgan fingerprint density at radius 1 is 0.520 bits per heavy atom. The average molecular weight is 376 g/mol. The fourth-order valence-corrected chi connectivity index (χ4v) is 2.80. The highest BCUT2D eigenvalue weighted by Crippen LogP contribution is 2.12. The van der Waals surface area contributed by atoms with Crippen LogP contribution in [0.1, 0.15) is 25.7 Å². The summed E-state index contributed by atoms with van der Waals surface area (Å²) in [5.74, 6) is 0. The van der Waals surface area contributed by atoms with Gasteiger partial charge in [-0.1, -0.05) is 0 Å². The molecule has 2 aromatic carbocycles. The summed E-state index contributed by atoms with van der Waals surface area (Å²) in [4.78, 5) is 2.00. The minimum Gasteiger partial charge on any atom is -0.385 e. The van der Waals surface area contributed by atoms with E-state index in [0.717, 1.165) is 36.0 Å². The molecule has 0 aliphatic carbocycles.